The molecule has 4 nitrogen and oxygen atoms in total. The predicted octanol–water partition coefficient (Wildman–Crippen LogP) is 4.14. The van der Waals surface area contributed by atoms with Crippen LogP contribution in [0, 0.1) is 0 Å². The molecule has 0 aliphatic heterocycles. The first-order valence-electron chi connectivity index (χ1n) is 6.57. The van der Waals surface area contributed by atoms with Gasteiger partial charge in [-0.1, -0.05) is 18.7 Å². The summed E-state index contributed by atoms with van der Waals surface area (Å²) in [5.41, 5.74) is 0.805. The molecular formula is C16H17F3O4. The van der Waals surface area contributed by atoms with Gasteiger partial charge in [-0.2, -0.15) is 0 Å². The number of alkyl halides is 3. The zero-order valence-electron chi connectivity index (χ0n) is 12.8. The third-order valence-electron chi connectivity index (χ3n) is 2.56. The second-order valence-corrected chi connectivity index (χ2v) is 5.19. The van der Waals surface area contributed by atoms with Crippen LogP contribution in [0.1, 0.15) is 29.8 Å². The lowest BCUT2D eigenvalue weighted by molar-refractivity contribution is -0.274. The normalized spacial score (nSPS) is 11.0. The van der Waals surface area contributed by atoms with Crippen molar-refractivity contribution in [3.8, 4) is 11.5 Å². The van der Waals surface area contributed by atoms with Gasteiger partial charge in [-0.15, -0.1) is 13.2 Å². The summed E-state index contributed by atoms with van der Waals surface area (Å²) in [5, 5.41) is 10.1. The summed E-state index contributed by atoms with van der Waals surface area (Å²) >= 11 is 0. The van der Waals surface area contributed by atoms with E-state index in [1.807, 2.05) is 0 Å². The topological polar surface area (TPSA) is 55.8 Å². The molecule has 0 aliphatic carbocycles. The molecule has 1 rings (SSSR count). The number of halogens is 3. The molecular weight excluding hydrogens is 313 g/mol. The SMILES string of the molecule is C=C(C)COC(=O)c1cc(OC(F)(F)F)cc(CC(=C)C)c1O. The molecule has 0 spiro atoms. The van der Waals surface area contributed by atoms with E-state index in [9.17, 15) is 23.1 Å². The highest BCUT2D eigenvalue weighted by atomic mass is 19.4. The molecule has 0 amide bonds. The Hall–Kier alpha value is -2.44. The van der Waals surface area contributed by atoms with E-state index in [0.717, 1.165) is 12.1 Å². The number of allylic oxidation sites excluding steroid dienone is 1. The minimum atomic E-state index is -4.92. The first kappa shape index (κ1) is 18.6. The van der Waals surface area contributed by atoms with Crippen LogP contribution in [0.3, 0.4) is 0 Å². The number of carbonyl (C=O) groups is 1. The van der Waals surface area contributed by atoms with Crippen molar-refractivity contribution < 1.29 is 32.5 Å². The minimum absolute atomic E-state index is 0.0847. The van der Waals surface area contributed by atoms with Crippen molar-refractivity contribution in [1.29, 1.82) is 0 Å². The average Bonchev–Trinajstić information content (AvgIpc) is 2.37. The molecule has 1 N–H and O–H groups in total. The molecule has 23 heavy (non-hydrogen) atoms. The Kier molecular flexibility index (Phi) is 5.84. The van der Waals surface area contributed by atoms with Crippen LogP contribution in [0.5, 0.6) is 11.5 Å². The average molecular weight is 330 g/mol. The lowest BCUT2D eigenvalue weighted by Crippen LogP contribution is -2.18. The van der Waals surface area contributed by atoms with Crippen LogP contribution in [-0.4, -0.2) is 24.0 Å². The standard InChI is InChI=1S/C16H17F3O4/c1-9(2)5-11-6-12(23-16(17,18)19)7-13(14(11)20)15(21)22-8-10(3)4/h6-7,20H,1,3,5,8H2,2,4H3. The first-order chi connectivity index (χ1) is 10.5. The third kappa shape index (κ3) is 6.06. The zero-order chi connectivity index (χ0) is 17.8. The van der Waals surface area contributed by atoms with Gasteiger partial charge in [0.15, 0.2) is 0 Å². The summed E-state index contributed by atoms with van der Waals surface area (Å²) in [6.07, 6.45) is -4.84. The molecule has 0 aliphatic rings. The molecule has 0 heterocycles. The van der Waals surface area contributed by atoms with Gasteiger partial charge in [-0.25, -0.2) is 4.79 Å². The molecule has 0 atom stereocenters. The molecule has 0 bridgehead atoms. The lowest BCUT2D eigenvalue weighted by Gasteiger charge is -2.14. The number of phenols is 1. The highest BCUT2D eigenvalue weighted by Gasteiger charge is 2.32. The van der Waals surface area contributed by atoms with Gasteiger partial charge in [0.2, 0.25) is 0 Å². The number of phenolic OH excluding ortho intramolecular Hbond substituents is 1. The molecule has 0 unspecified atom stereocenters. The van der Waals surface area contributed by atoms with Crippen molar-refractivity contribution in [2.75, 3.05) is 6.61 Å². The van der Waals surface area contributed by atoms with Crippen molar-refractivity contribution in [2.45, 2.75) is 26.6 Å². The molecule has 1 aromatic carbocycles. The van der Waals surface area contributed by atoms with Crippen LogP contribution < -0.4 is 4.74 Å². The van der Waals surface area contributed by atoms with Crippen molar-refractivity contribution in [2.24, 2.45) is 0 Å². The van der Waals surface area contributed by atoms with E-state index >= 15 is 0 Å². The van der Waals surface area contributed by atoms with Gasteiger partial charge in [0.25, 0.3) is 0 Å². The van der Waals surface area contributed by atoms with Crippen molar-refractivity contribution >= 4 is 5.97 Å². The largest absolute Gasteiger partial charge is 0.573 e. The van der Waals surface area contributed by atoms with Gasteiger partial charge in [0, 0.05) is 5.56 Å². The van der Waals surface area contributed by atoms with Gasteiger partial charge in [0.05, 0.1) is 0 Å². The summed E-state index contributed by atoms with van der Waals surface area (Å²) in [7, 11) is 0. The number of carbonyl (C=O) groups excluding carboxylic acids is 1. The van der Waals surface area contributed by atoms with E-state index in [2.05, 4.69) is 17.9 Å². The molecule has 0 saturated carbocycles. The summed E-state index contributed by atoms with van der Waals surface area (Å²) in [4.78, 5) is 11.9. The molecule has 0 aromatic heterocycles. The summed E-state index contributed by atoms with van der Waals surface area (Å²) in [5.74, 6) is -2.05. The minimum Gasteiger partial charge on any atom is -0.507 e. The Balaban J connectivity index is 3.25. The number of ether oxygens (including phenoxy) is 2. The van der Waals surface area contributed by atoms with Crippen LogP contribution in [0.25, 0.3) is 0 Å². The Morgan fingerprint density at radius 3 is 2.30 bits per heavy atom. The highest BCUT2D eigenvalue weighted by molar-refractivity contribution is 5.93. The maximum Gasteiger partial charge on any atom is 0.573 e. The quantitative estimate of drug-likeness (QED) is 0.629. The fourth-order valence-electron chi connectivity index (χ4n) is 1.74. The van der Waals surface area contributed by atoms with Gasteiger partial charge in [-0.3, -0.25) is 0 Å². The van der Waals surface area contributed by atoms with Gasteiger partial charge in [-0.05, 0) is 38.0 Å². The molecule has 0 radical (unpaired) electrons. The number of benzene rings is 1. The Morgan fingerprint density at radius 1 is 1.22 bits per heavy atom. The van der Waals surface area contributed by atoms with Crippen LogP contribution in [0.15, 0.2) is 36.4 Å². The second-order valence-electron chi connectivity index (χ2n) is 5.19. The fourth-order valence-corrected chi connectivity index (χ4v) is 1.74. The van der Waals surface area contributed by atoms with Crippen LogP contribution in [0.2, 0.25) is 0 Å². The molecule has 126 valence electrons. The molecule has 1 aromatic rings. The van der Waals surface area contributed by atoms with Gasteiger partial charge < -0.3 is 14.6 Å². The lowest BCUT2D eigenvalue weighted by atomic mass is 10.0. The van der Waals surface area contributed by atoms with Crippen molar-refractivity contribution in [3.63, 3.8) is 0 Å². The summed E-state index contributed by atoms with van der Waals surface area (Å²) in [6, 6.07) is 1.79. The molecule has 0 saturated heterocycles. The second kappa shape index (κ2) is 7.21. The Bertz CT molecular complexity index is 633. The van der Waals surface area contributed by atoms with Gasteiger partial charge >= 0.3 is 12.3 Å². The Morgan fingerprint density at radius 2 is 1.83 bits per heavy atom. The highest BCUT2D eigenvalue weighted by Crippen LogP contribution is 2.33. The smallest absolute Gasteiger partial charge is 0.507 e. The third-order valence-corrected chi connectivity index (χ3v) is 2.56. The Labute approximate surface area is 131 Å². The molecule has 7 heteroatoms. The molecule has 0 fully saturated rings. The zero-order valence-corrected chi connectivity index (χ0v) is 12.8. The maximum atomic E-state index is 12.4. The van der Waals surface area contributed by atoms with Crippen LogP contribution >= 0.6 is 0 Å². The van der Waals surface area contributed by atoms with E-state index in [1.54, 1.807) is 13.8 Å². The summed E-state index contributed by atoms with van der Waals surface area (Å²) < 4.78 is 45.9. The van der Waals surface area contributed by atoms with Crippen LogP contribution in [-0.2, 0) is 11.2 Å². The van der Waals surface area contributed by atoms with E-state index < -0.39 is 29.4 Å². The van der Waals surface area contributed by atoms with Crippen molar-refractivity contribution in [3.05, 3.63) is 47.6 Å². The van der Waals surface area contributed by atoms with E-state index in [0.29, 0.717) is 11.1 Å². The van der Waals surface area contributed by atoms with E-state index in [4.69, 9.17) is 4.74 Å². The summed E-state index contributed by atoms with van der Waals surface area (Å²) in [6.45, 7) is 10.3. The number of rotatable bonds is 6. The first-order valence-corrected chi connectivity index (χ1v) is 6.57. The van der Waals surface area contributed by atoms with Crippen LogP contribution in [0.4, 0.5) is 13.2 Å². The predicted molar refractivity (Wildman–Crippen MR) is 78.4 cm³/mol. The fraction of sp³-hybridized carbons (Fsp3) is 0.312. The van der Waals surface area contributed by atoms with E-state index in [-0.39, 0.29) is 18.6 Å². The number of esters is 1. The van der Waals surface area contributed by atoms with E-state index in [1.165, 1.54) is 0 Å². The van der Waals surface area contributed by atoms with Crippen molar-refractivity contribution in [1.82, 2.24) is 0 Å². The number of aromatic hydroxyl groups is 1. The monoisotopic (exact) mass is 330 g/mol. The maximum absolute atomic E-state index is 12.4. The number of hydrogen-bond acceptors (Lipinski definition) is 4. The van der Waals surface area contributed by atoms with Gasteiger partial charge in [0.1, 0.15) is 23.7 Å². The number of hydrogen-bond donors (Lipinski definition) is 1.